The van der Waals surface area contributed by atoms with Crippen LogP contribution in [0.15, 0.2) is 10.5 Å². The molecule has 1 N–H and O–H groups in total. The summed E-state index contributed by atoms with van der Waals surface area (Å²) in [5.74, 6) is -0.101. The smallest absolute Gasteiger partial charge is 0.149 e. The highest BCUT2D eigenvalue weighted by Crippen LogP contribution is 2.41. The van der Waals surface area contributed by atoms with Gasteiger partial charge in [0.15, 0.2) is 0 Å². The first-order chi connectivity index (χ1) is 6.79. The van der Waals surface area contributed by atoms with Crippen molar-refractivity contribution in [2.45, 2.75) is 26.2 Å². The van der Waals surface area contributed by atoms with E-state index in [4.69, 9.17) is 16.9 Å². The van der Waals surface area contributed by atoms with Crippen molar-refractivity contribution in [1.82, 2.24) is 0 Å². The van der Waals surface area contributed by atoms with Gasteiger partial charge >= 0.3 is 0 Å². The SMILES string of the molecule is CC(C)(C)c1cc(C#N)c(O)c(Br)c1Cl. The second kappa shape index (κ2) is 4.03. The molecule has 0 unspecified atom stereocenters. The van der Waals surface area contributed by atoms with Crippen LogP contribution < -0.4 is 0 Å². The maximum absolute atomic E-state index is 9.61. The molecule has 1 aromatic carbocycles. The van der Waals surface area contributed by atoms with Gasteiger partial charge in [-0.25, -0.2) is 0 Å². The van der Waals surface area contributed by atoms with Crippen molar-refractivity contribution in [2.24, 2.45) is 0 Å². The van der Waals surface area contributed by atoms with Gasteiger partial charge in [0, 0.05) is 0 Å². The van der Waals surface area contributed by atoms with Crippen molar-refractivity contribution in [3.05, 3.63) is 26.7 Å². The minimum Gasteiger partial charge on any atom is -0.505 e. The molecule has 1 aromatic rings. The van der Waals surface area contributed by atoms with Crippen LogP contribution in [0.25, 0.3) is 0 Å². The van der Waals surface area contributed by atoms with Gasteiger partial charge in [0.25, 0.3) is 0 Å². The number of hydrogen-bond acceptors (Lipinski definition) is 2. The van der Waals surface area contributed by atoms with E-state index in [1.54, 1.807) is 6.07 Å². The van der Waals surface area contributed by atoms with Crippen molar-refractivity contribution >= 4 is 27.5 Å². The molecule has 4 heteroatoms. The summed E-state index contributed by atoms with van der Waals surface area (Å²) >= 11 is 9.28. The average molecular weight is 289 g/mol. The lowest BCUT2D eigenvalue weighted by Crippen LogP contribution is -2.12. The lowest BCUT2D eigenvalue weighted by molar-refractivity contribution is 0.468. The van der Waals surface area contributed by atoms with E-state index in [0.29, 0.717) is 9.50 Å². The largest absolute Gasteiger partial charge is 0.505 e. The first-order valence-corrected chi connectivity index (χ1v) is 5.57. The van der Waals surface area contributed by atoms with E-state index in [2.05, 4.69) is 15.9 Å². The van der Waals surface area contributed by atoms with Crippen LogP contribution in [0, 0.1) is 11.3 Å². The van der Waals surface area contributed by atoms with Crippen molar-refractivity contribution in [3.63, 3.8) is 0 Å². The molecule has 0 spiro atoms. The third-order valence-electron chi connectivity index (χ3n) is 2.11. The number of aromatic hydroxyl groups is 1. The van der Waals surface area contributed by atoms with E-state index in [-0.39, 0.29) is 16.7 Å². The molecular weight excluding hydrogens is 277 g/mol. The maximum atomic E-state index is 9.61. The monoisotopic (exact) mass is 287 g/mol. The number of rotatable bonds is 0. The molecule has 0 aliphatic carbocycles. The number of benzene rings is 1. The molecule has 2 nitrogen and oxygen atoms in total. The number of hydrogen-bond donors (Lipinski definition) is 1. The molecule has 0 saturated heterocycles. The number of halogens is 2. The van der Waals surface area contributed by atoms with Gasteiger partial charge < -0.3 is 5.11 Å². The van der Waals surface area contributed by atoms with Gasteiger partial charge in [-0.15, -0.1) is 0 Å². The number of phenolic OH excluding ortho intramolecular Hbond substituents is 1. The van der Waals surface area contributed by atoms with E-state index in [1.807, 2.05) is 26.8 Å². The van der Waals surface area contributed by atoms with Crippen molar-refractivity contribution in [1.29, 1.82) is 5.26 Å². The summed E-state index contributed by atoms with van der Waals surface area (Å²) in [4.78, 5) is 0. The summed E-state index contributed by atoms with van der Waals surface area (Å²) in [6.45, 7) is 6.00. The lowest BCUT2D eigenvalue weighted by atomic mass is 9.86. The zero-order valence-corrected chi connectivity index (χ0v) is 11.1. The Morgan fingerprint density at radius 3 is 2.40 bits per heavy atom. The Kier molecular flexibility index (Phi) is 3.32. The lowest BCUT2D eigenvalue weighted by Gasteiger charge is -2.22. The maximum Gasteiger partial charge on any atom is 0.149 e. The zero-order valence-electron chi connectivity index (χ0n) is 8.73. The van der Waals surface area contributed by atoms with Gasteiger partial charge in [-0.1, -0.05) is 32.4 Å². The summed E-state index contributed by atoms with van der Waals surface area (Å²) in [7, 11) is 0. The molecule has 0 radical (unpaired) electrons. The van der Waals surface area contributed by atoms with Crippen LogP contribution in [0.2, 0.25) is 5.02 Å². The second-order valence-electron chi connectivity index (χ2n) is 4.31. The van der Waals surface area contributed by atoms with Gasteiger partial charge in [0.05, 0.1) is 15.1 Å². The summed E-state index contributed by atoms with van der Waals surface area (Å²) in [6.07, 6.45) is 0. The van der Waals surface area contributed by atoms with Crippen molar-refractivity contribution < 1.29 is 5.11 Å². The quantitative estimate of drug-likeness (QED) is 0.785. The molecule has 0 fully saturated rings. The van der Waals surface area contributed by atoms with Gasteiger partial charge in [-0.2, -0.15) is 5.26 Å². The van der Waals surface area contributed by atoms with Crippen LogP contribution in [-0.2, 0) is 5.41 Å². The number of nitrogens with zero attached hydrogens (tertiary/aromatic N) is 1. The van der Waals surface area contributed by atoms with Crippen LogP contribution in [-0.4, -0.2) is 5.11 Å². The minimum absolute atomic E-state index is 0.101. The molecular formula is C11H11BrClNO. The molecule has 0 atom stereocenters. The Morgan fingerprint density at radius 1 is 1.47 bits per heavy atom. The van der Waals surface area contributed by atoms with Gasteiger partial charge in [-0.05, 0) is 33.0 Å². The Balaban J connectivity index is 3.58. The van der Waals surface area contributed by atoms with Crippen LogP contribution in [0.5, 0.6) is 5.75 Å². The molecule has 0 bridgehead atoms. The highest BCUT2D eigenvalue weighted by molar-refractivity contribution is 9.10. The fourth-order valence-electron chi connectivity index (χ4n) is 1.25. The second-order valence-corrected chi connectivity index (χ2v) is 5.48. The molecule has 15 heavy (non-hydrogen) atoms. The van der Waals surface area contributed by atoms with Gasteiger partial charge in [0.1, 0.15) is 11.8 Å². The van der Waals surface area contributed by atoms with E-state index in [9.17, 15) is 5.11 Å². The summed E-state index contributed by atoms with van der Waals surface area (Å²) in [6, 6.07) is 3.56. The molecule has 0 aromatic heterocycles. The summed E-state index contributed by atoms with van der Waals surface area (Å²) < 4.78 is 0.383. The third-order valence-corrected chi connectivity index (χ3v) is 3.50. The fourth-order valence-corrected chi connectivity index (χ4v) is 2.10. The first kappa shape index (κ1) is 12.4. The minimum atomic E-state index is -0.168. The zero-order chi connectivity index (χ0) is 11.8. The molecule has 0 aliphatic heterocycles. The molecule has 80 valence electrons. The predicted octanol–water partition coefficient (Wildman–Crippen LogP) is 3.98. The normalized spacial score (nSPS) is 11.2. The Labute approximate surface area is 103 Å². The number of nitriles is 1. The van der Waals surface area contributed by atoms with Gasteiger partial charge in [0.2, 0.25) is 0 Å². The Bertz CT molecular complexity index is 443. The van der Waals surface area contributed by atoms with E-state index in [0.717, 1.165) is 5.56 Å². The highest BCUT2D eigenvalue weighted by Gasteiger charge is 2.22. The third kappa shape index (κ3) is 2.27. The van der Waals surface area contributed by atoms with Crippen molar-refractivity contribution in [3.8, 4) is 11.8 Å². The predicted molar refractivity (Wildman–Crippen MR) is 64.2 cm³/mol. The van der Waals surface area contributed by atoms with Crippen LogP contribution in [0.3, 0.4) is 0 Å². The van der Waals surface area contributed by atoms with E-state index < -0.39 is 0 Å². The van der Waals surface area contributed by atoms with E-state index >= 15 is 0 Å². The molecule has 0 saturated carbocycles. The summed E-state index contributed by atoms with van der Waals surface area (Å²) in [5, 5.41) is 18.9. The molecule has 0 heterocycles. The average Bonchev–Trinajstić information content (AvgIpc) is 2.13. The van der Waals surface area contributed by atoms with Gasteiger partial charge in [-0.3, -0.25) is 0 Å². The van der Waals surface area contributed by atoms with Crippen LogP contribution in [0.4, 0.5) is 0 Å². The van der Waals surface area contributed by atoms with Crippen LogP contribution >= 0.6 is 27.5 Å². The molecule has 0 amide bonds. The number of phenols is 1. The molecule has 1 rings (SSSR count). The van der Waals surface area contributed by atoms with Crippen LogP contribution in [0.1, 0.15) is 31.9 Å². The summed E-state index contributed by atoms with van der Waals surface area (Å²) in [5.41, 5.74) is 0.903. The van der Waals surface area contributed by atoms with E-state index in [1.165, 1.54) is 0 Å². The fraction of sp³-hybridized carbons (Fsp3) is 0.364. The Morgan fingerprint density at radius 2 is 2.00 bits per heavy atom. The first-order valence-electron chi connectivity index (χ1n) is 4.40. The van der Waals surface area contributed by atoms with Crippen molar-refractivity contribution in [2.75, 3.05) is 0 Å². The topological polar surface area (TPSA) is 44.0 Å². The standard InChI is InChI=1S/C11H11BrClNO/c1-11(2,3)7-4-6(5-14)10(15)8(12)9(7)13/h4,15H,1-3H3. The molecule has 0 aliphatic rings. The highest BCUT2D eigenvalue weighted by atomic mass is 79.9. The Hall–Kier alpha value is -0.720.